The van der Waals surface area contributed by atoms with E-state index in [9.17, 15) is 13.2 Å². The van der Waals surface area contributed by atoms with Crippen molar-refractivity contribution in [3.63, 3.8) is 0 Å². The number of nitrogens with zero attached hydrogens (tertiary/aromatic N) is 1. The van der Waals surface area contributed by atoms with Gasteiger partial charge in [-0.1, -0.05) is 19.9 Å². The first-order valence-corrected chi connectivity index (χ1v) is 10.3. The molecule has 1 fully saturated rings. The predicted octanol–water partition coefficient (Wildman–Crippen LogP) is 2.00. The minimum Gasteiger partial charge on any atom is -0.338 e. The Morgan fingerprint density at radius 1 is 1.55 bits per heavy atom. The highest BCUT2D eigenvalue weighted by Gasteiger charge is 2.26. The van der Waals surface area contributed by atoms with E-state index in [1.807, 2.05) is 13.0 Å². The first-order valence-electron chi connectivity index (χ1n) is 7.61. The summed E-state index contributed by atoms with van der Waals surface area (Å²) in [6.45, 7) is 5.38. The highest BCUT2D eigenvalue weighted by molar-refractivity contribution is 7.91. The average Bonchev–Trinajstić information content (AvgIpc) is 2.87. The largest absolute Gasteiger partial charge is 0.338 e. The van der Waals surface area contributed by atoms with E-state index in [2.05, 4.69) is 23.7 Å². The van der Waals surface area contributed by atoms with Crippen molar-refractivity contribution in [2.24, 2.45) is 11.8 Å². The van der Waals surface area contributed by atoms with Crippen molar-refractivity contribution in [1.82, 2.24) is 10.2 Å². The summed E-state index contributed by atoms with van der Waals surface area (Å²) in [7, 11) is -3.02. The molecule has 1 aromatic heterocycles. The van der Waals surface area contributed by atoms with Gasteiger partial charge in [0, 0.05) is 24.5 Å². The number of rotatable bonds is 4. The molecule has 2 heterocycles. The number of hydrogen-bond donors (Lipinski definition) is 1. The number of hydrogen-bond acceptors (Lipinski definition) is 4. The maximum atomic E-state index is 12.2. The van der Waals surface area contributed by atoms with E-state index in [-0.39, 0.29) is 30.0 Å². The number of carbonyl (C=O) groups excluding carboxylic acids is 1. The lowest BCUT2D eigenvalue weighted by atomic mass is 10.1. The molecule has 0 bridgehead atoms. The average molecular weight is 345 g/mol. The second kappa shape index (κ2) is 7.46. The van der Waals surface area contributed by atoms with Crippen molar-refractivity contribution in [3.05, 3.63) is 22.4 Å². The molecule has 1 aliphatic rings. The molecule has 1 saturated heterocycles. The zero-order chi connectivity index (χ0) is 16.2. The van der Waals surface area contributed by atoms with Crippen LogP contribution >= 0.6 is 11.3 Å². The van der Waals surface area contributed by atoms with E-state index < -0.39 is 9.84 Å². The maximum absolute atomic E-state index is 12.2. The normalized spacial score (nSPS) is 22.8. The third-order valence-electron chi connectivity index (χ3n) is 3.76. The Bertz CT molecular complexity index is 584. The van der Waals surface area contributed by atoms with E-state index in [4.69, 9.17) is 0 Å². The Balaban J connectivity index is 1.81. The molecule has 2 atom stereocenters. The summed E-state index contributed by atoms with van der Waals surface area (Å²) >= 11 is 1.73. The lowest BCUT2D eigenvalue weighted by Crippen LogP contribution is -2.44. The first-order chi connectivity index (χ1) is 10.4. The predicted molar refractivity (Wildman–Crippen MR) is 90.0 cm³/mol. The van der Waals surface area contributed by atoms with Crippen molar-refractivity contribution in [3.8, 4) is 0 Å². The summed E-state index contributed by atoms with van der Waals surface area (Å²) in [6.07, 6.45) is 0.947. The molecular weight excluding hydrogens is 320 g/mol. The smallest absolute Gasteiger partial charge is 0.317 e. The molecule has 7 heteroatoms. The lowest BCUT2D eigenvalue weighted by Gasteiger charge is -2.23. The molecule has 0 unspecified atom stereocenters. The number of nitrogens with one attached hydrogen (secondary N) is 1. The molecule has 1 N–H and O–H groups in total. The van der Waals surface area contributed by atoms with E-state index in [1.54, 1.807) is 16.2 Å². The van der Waals surface area contributed by atoms with Crippen LogP contribution in [0, 0.1) is 11.8 Å². The van der Waals surface area contributed by atoms with Gasteiger partial charge >= 0.3 is 6.03 Å². The molecule has 0 aliphatic carbocycles. The molecule has 0 spiro atoms. The van der Waals surface area contributed by atoms with Gasteiger partial charge < -0.3 is 10.2 Å². The van der Waals surface area contributed by atoms with Gasteiger partial charge in [0.2, 0.25) is 0 Å². The summed E-state index contributed by atoms with van der Waals surface area (Å²) in [5.74, 6) is 0.582. The van der Waals surface area contributed by atoms with Crippen LogP contribution in [0.15, 0.2) is 17.5 Å². The third kappa shape index (κ3) is 5.28. The van der Waals surface area contributed by atoms with Gasteiger partial charge in [0.05, 0.1) is 11.5 Å². The van der Waals surface area contributed by atoms with E-state index in [0.29, 0.717) is 19.0 Å². The summed E-state index contributed by atoms with van der Waals surface area (Å²) < 4.78 is 23.5. The fraction of sp³-hybridized carbons (Fsp3) is 0.667. The third-order valence-corrected chi connectivity index (χ3v) is 6.54. The second-order valence-electron chi connectivity index (χ2n) is 6.24. The SMILES string of the molecule is C[C@@H]1CN(C(=O)NC[C@H](C)Cc2cccs2)CCS(=O)(=O)C1. The Morgan fingerprint density at radius 2 is 2.32 bits per heavy atom. The highest BCUT2D eigenvalue weighted by atomic mass is 32.2. The number of carbonyl (C=O) groups is 1. The topological polar surface area (TPSA) is 66.5 Å². The van der Waals surface area contributed by atoms with E-state index >= 15 is 0 Å². The molecule has 0 radical (unpaired) electrons. The molecule has 5 nitrogen and oxygen atoms in total. The zero-order valence-corrected chi connectivity index (χ0v) is 14.8. The minimum atomic E-state index is -3.02. The van der Waals surface area contributed by atoms with Gasteiger partial charge in [-0.2, -0.15) is 0 Å². The molecule has 0 aromatic carbocycles. The molecular formula is C15H24N2O3S2. The monoisotopic (exact) mass is 344 g/mol. The molecule has 124 valence electrons. The Hall–Kier alpha value is -1.08. The number of thiophene rings is 1. The van der Waals surface area contributed by atoms with Crippen LogP contribution in [0.5, 0.6) is 0 Å². The van der Waals surface area contributed by atoms with Gasteiger partial charge in [-0.15, -0.1) is 11.3 Å². The summed E-state index contributed by atoms with van der Waals surface area (Å²) in [5.41, 5.74) is 0. The van der Waals surface area contributed by atoms with Crippen LogP contribution in [0.1, 0.15) is 18.7 Å². The van der Waals surface area contributed by atoms with E-state index in [1.165, 1.54) is 4.88 Å². The van der Waals surface area contributed by atoms with Crippen molar-refractivity contribution in [2.45, 2.75) is 20.3 Å². The van der Waals surface area contributed by atoms with Crippen LogP contribution in [-0.4, -0.2) is 50.5 Å². The molecule has 1 aliphatic heterocycles. The van der Waals surface area contributed by atoms with Gasteiger partial charge in [-0.3, -0.25) is 0 Å². The van der Waals surface area contributed by atoms with Crippen molar-refractivity contribution < 1.29 is 13.2 Å². The van der Waals surface area contributed by atoms with Crippen LogP contribution in [-0.2, 0) is 16.3 Å². The van der Waals surface area contributed by atoms with E-state index in [0.717, 1.165) is 6.42 Å². The zero-order valence-electron chi connectivity index (χ0n) is 13.1. The molecule has 1 aromatic rings. The number of urea groups is 1. The Kier molecular flexibility index (Phi) is 5.86. The first kappa shape index (κ1) is 17.3. The van der Waals surface area contributed by atoms with Gasteiger partial charge in [0.25, 0.3) is 0 Å². The van der Waals surface area contributed by atoms with Crippen molar-refractivity contribution in [1.29, 1.82) is 0 Å². The molecule has 22 heavy (non-hydrogen) atoms. The fourth-order valence-electron chi connectivity index (χ4n) is 2.69. The van der Waals surface area contributed by atoms with Crippen LogP contribution < -0.4 is 5.32 Å². The lowest BCUT2D eigenvalue weighted by molar-refractivity contribution is 0.194. The van der Waals surface area contributed by atoms with Gasteiger partial charge in [-0.25, -0.2) is 13.2 Å². The van der Waals surface area contributed by atoms with Crippen LogP contribution in [0.2, 0.25) is 0 Å². The quantitative estimate of drug-likeness (QED) is 0.908. The summed E-state index contributed by atoms with van der Waals surface area (Å²) in [4.78, 5) is 15.2. The molecule has 2 rings (SSSR count). The number of amides is 2. The van der Waals surface area contributed by atoms with Gasteiger partial charge in [0.1, 0.15) is 0 Å². The Labute approximate surface area is 136 Å². The molecule has 2 amide bonds. The fourth-order valence-corrected chi connectivity index (χ4v) is 5.20. The minimum absolute atomic E-state index is 0.0122. The molecule has 0 saturated carbocycles. The summed E-state index contributed by atoms with van der Waals surface area (Å²) in [5, 5.41) is 4.99. The van der Waals surface area contributed by atoms with Gasteiger partial charge in [0.15, 0.2) is 9.84 Å². The highest BCUT2D eigenvalue weighted by Crippen LogP contribution is 2.14. The number of sulfone groups is 1. The van der Waals surface area contributed by atoms with Crippen LogP contribution in [0.3, 0.4) is 0 Å². The Morgan fingerprint density at radius 3 is 3.00 bits per heavy atom. The van der Waals surface area contributed by atoms with Crippen molar-refractivity contribution in [2.75, 3.05) is 31.1 Å². The summed E-state index contributed by atoms with van der Waals surface area (Å²) in [6, 6.07) is 3.98. The van der Waals surface area contributed by atoms with Crippen LogP contribution in [0.4, 0.5) is 4.79 Å². The standard InChI is InChI=1S/C15H24N2O3S2/c1-12(8-14-4-3-6-21-14)9-16-15(18)17-5-7-22(19,20)11-13(2)10-17/h3-4,6,12-13H,5,7-11H2,1-2H3,(H,16,18)/t12-,13-/m1/s1. The van der Waals surface area contributed by atoms with Crippen LogP contribution in [0.25, 0.3) is 0 Å². The van der Waals surface area contributed by atoms with Gasteiger partial charge in [-0.05, 0) is 29.7 Å². The second-order valence-corrected chi connectivity index (χ2v) is 9.50. The van der Waals surface area contributed by atoms with Crippen molar-refractivity contribution >= 4 is 27.2 Å². The maximum Gasteiger partial charge on any atom is 0.317 e.